The number of amides is 1. The maximum atomic E-state index is 13.0. The number of hydrogen-bond acceptors (Lipinski definition) is 4. The van der Waals surface area contributed by atoms with Gasteiger partial charge in [-0.2, -0.15) is 13.2 Å². The number of carbonyl (C=O) groups is 1. The molecule has 0 aliphatic carbocycles. The molecule has 3 aromatic rings. The highest BCUT2D eigenvalue weighted by molar-refractivity contribution is 7.13. The van der Waals surface area contributed by atoms with E-state index in [9.17, 15) is 18.0 Å². The third-order valence-corrected chi connectivity index (χ3v) is 6.18. The summed E-state index contributed by atoms with van der Waals surface area (Å²) in [6.45, 7) is 1.83. The van der Waals surface area contributed by atoms with Gasteiger partial charge in [-0.05, 0) is 43.0 Å². The zero-order chi connectivity index (χ0) is 21.8. The summed E-state index contributed by atoms with van der Waals surface area (Å²) in [4.78, 5) is 18.9. The Labute approximate surface area is 182 Å². The lowest BCUT2D eigenvalue weighted by molar-refractivity contribution is -0.137. The Balaban J connectivity index is 1.34. The third kappa shape index (κ3) is 5.25. The molecular weight excluding hydrogens is 425 g/mol. The zero-order valence-corrected chi connectivity index (χ0v) is 17.5. The number of nitrogens with zero attached hydrogens (tertiary/aromatic N) is 2. The van der Waals surface area contributed by atoms with Crippen molar-refractivity contribution >= 4 is 17.2 Å². The van der Waals surface area contributed by atoms with Crippen LogP contribution in [0.5, 0.6) is 5.75 Å². The van der Waals surface area contributed by atoms with Gasteiger partial charge in [-0.1, -0.05) is 30.3 Å². The van der Waals surface area contributed by atoms with Crippen molar-refractivity contribution in [3.05, 3.63) is 71.2 Å². The maximum absolute atomic E-state index is 13.0. The molecule has 0 atom stereocenters. The number of benzene rings is 2. The van der Waals surface area contributed by atoms with Crippen LogP contribution in [-0.2, 0) is 6.18 Å². The lowest BCUT2D eigenvalue weighted by Crippen LogP contribution is -2.39. The molecule has 4 nitrogen and oxygen atoms in total. The van der Waals surface area contributed by atoms with Crippen LogP contribution in [0.4, 0.5) is 13.2 Å². The van der Waals surface area contributed by atoms with E-state index >= 15 is 0 Å². The van der Waals surface area contributed by atoms with Crippen molar-refractivity contribution in [2.24, 2.45) is 5.92 Å². The van der Waals surface area contributed by atoms with Crippen LogP contribution in [0.2, 0.25) is 0 Å². The number of hydrogen-bond donors (Lipinski definition) is 0. The molecule has 1 aliphatic heterocycles. The standard InChI is InChI=1S/C23H21F3N2O2S/c24-23(25,26)18-6-4-5-17(13-18)21-27-20(15-31-21)22(29)28-11-9-16(10-12-28)14-30-19-7-2-1-3-8-19/h1-8,13,15-16H,9-12,14H2. The molecule has 31 heavy (non-hydrogen) atoms. The minimum absolute atomic E-state index is 0.183. The summed E-state index contributed by atoms with van der Waals surface area (Å²) in [5.41, 5.74) is -0.0973. The highest BCUT2D eigenvalue weighted by Crippen LogP contribution is 2.33. The van der Waals surface area contributed by atoms with Crippen LogP contribution in [0.1, 0.15) is 28.9 Å². The maximum Gasteiger partial charge on any atom is 0.416 e. The van der Waals surface area contributed by atoms with Crippen molar-refractivity contribution in [3.63, 3.8) is 0 Å². The first-order chi connectivity index (χ1) is 14.9. The van der Waals surface area contributed by atoms with E-state index in [0.717, 1.165) is 30.7 Å². The molecule has 1 amide bonds. The molecule has 2 aromatic carbocycles. The van der Waals surface area contributed by atoms with E-state index in [1.54, 1.807) is 16.3 Å². The second-order valence-electron chi connectivity index (χ2n) is 7.48. The number of aromatic nitrogens is 1. The molecule has 162 valence electrons. The molecule has 1 saturated heterocycles. The summed E-state index contributed by atoms with van der Waals surface area (Å²) in [5, 5.41) is 2.02. The first-order valence-electron chi connectivity index (χ1n) is 10.0. The number of piperidine rings is 1. The quantitative estimate of drug-likeness (QED) is 0.500. The van der Waals surface area contributed by atoms with Crippen molar-refractivity contribution < 1.29 is 22.7 Å². The molecule has 1 aromatic heterocycles. The molecule has 0 saturated carbocycles. The molecular formula is C23H21F3N2O2S. The predicted octanol–water partition coefficient (Wildman–Crippen LogP) is 5.76. The molecule has 0 N–H and O–H groups in total. The van der Waals surface area contributed by atoms with E-state index in [2.05, 4.69) is 4.98 Å². The Hall–Kier alpha value is -2.87. The molecule has 0 radical (unpaired) electrons. The monoisotopic (exact) mass is 446 g/mol. The number of para-hydroxylation sites is 1. The first-order valence-corrected chi connectivity index (χ1v) is 10.9. The third-order valence-electron chi connectivity index (χ3n) is 5.29. The fourth-order valence-electron chi connectivity index (χ4n) is 3.53. The summed E-state index contributed by atoms with van der Waals surface area (Å²) < 4.78 is 44.7. The van der Waals surface area contributed by atoms with E-state index in [1.165, 1.54) is 17.4 Å². The fourth-order valence-corrected chi connectivity index (χ4v) is 4.32. The van der Waals surface area contributed by atoms with Crippen molar-refractivity contribution in [1.82, 2.24) is 9.88 Å². The zero-order valence-electron chi connectivity index (χ0n) is 16.6. The lowest BCUT2D eigenvalue weighted by atomic mass is 9.97. The lowest BCUT2D eigenvalue weighted by Gasteiger charge is -2.31. The van der Waals surface area contributed by atoms with Crippen molar-refractivity contribution in [3.8, 4) is 16.3 Å². The first kappa shape index (κ1) is 21.4. The Bertz CT molecular complexity index is 1030. The highest BCUT2D eigenvalue weighted by atomic mass is 32.1. The van der Waals surface area contributed by atoms with Gasteiger partial charge in [0.25, 0.3) is 5.91 Å². The average Bonchev–Trinajstić information content (AvgIpc) is 3.28. The molecule has 1 fully saturated rings. The Morgan fingerprint density at radius 2 is 1.84 bits per heavy atom. The largest absolute Gasteiger partial charge is 0.493 e. The predicted molar refractivity (Wildman–Crippen MR) is 113 cm³/mol. The van der Waals surface area contributed by atoms with Gasteiger partial charge in [0.1, 0.15) is 16.5 Å². The fraction of sp³-hybridized carbons (Fsp3) is 0.304. The van der Waals surface area contributed by atoms with Crippen molar-refractivity contribution in [1.29, 1.82) is 0 Å². The summed E-state index contributed by atoms with van der Waals surface area (Å²) in [7, 11) is 0. The van der Waals surface area contributed by atoms with Gasteiger partial charge in [-0.15, -0.1) is 11.3 Å². The van der Waals surface area contributed by atoms with Crippen LogP contribution in [0.15, 0.2) is 60.0 Å². The normalized spacial score (nSPS) is 15.1. The van der Waals surface area contributed by atoms with Crippen molar-refractivity contribution in [2.75, 3.05) is 19.7 Å². The summed E-state index contributed by atoms with van der Waals surface area (Å²) in [6.07, 6.45) is -2.74. The number of halogens is 3. The van der Waals surface area contributed by atoms with Gasteiger partial charge in [0.15, 0.2) is 0 Å². The summed E-state index contributed by atoms with van der Waals surface area (Å²) >= 11 is 1.17. The number of rotatable bonds is 5. The number of thiazole rings is 1. The molecule has 0 unspecified atom stereocenters. The minimum atomic E-state index is -4.42. The van der Waals surface area contributed by atoms with Gasteiger partial charge in [-0.25, -0.2) is 4.98 Å². The van der Waals surface area contributed by atoms with Gasteiger partial charge in [0.2, 0.25) is 0 Å². The molecule has 8 heteroatoms. The van der Waals surface area contributed by atoms with E-state index in [-0.39, 0.29) is 11.6 Å². The molecule has 4 rings (SSSR count). The SMILES string of the molecule is O=C(c1csc(-c2cccc(C(F)(F)F)c2)n1)N1CCC(COc2ccccc2)CC1. The topological polar surface area (TPSA) is 42.4 Å². The van der Waals surface area contributed by atoms with Gasteiger partial charge >= 0.3 is 6.18 Å². The number of ether oxygens (including phenoxy) is 1. The van der Waals surface area contributed by atoms with E-state index < -0.39 is 11.7 Å². The van der Waals surface area contributed by atoms with Gasteiger partial charge in [0, 0.05) is 24.0 Å². The van der Waals surface area contributed by atoms with E-state index in [1.807, 2.05) is 30.3 Å². The van der Waals surface area contributed by atoms with E-state index in [0.29, 0.717) is 36.2 Å². The Kier molecular flexibility index (Phi) is 6.27. The Morgan fingerprint density at radius 1 is 1.10 bits per heavy atom. The van der Waals surface area contributed by atoms with Crippen molar-refractivity contribution in [2.45, 2.75) is 19.0 Å². The Morgan fingerprint density at radius 3 is 2.55 bits per heavy atom. The summed E-state index contributed by atoms with van der Waals surface area (Å²) in [6, 6.07) is 14.6. The van der Waals surface area contributed by atoms with Crippen LogP contribution in [0, 0.1) is 5.92 Å². The highest BCUT2D eigenvalue weighted by Gasteiger charge is 2.31. The second-order valence-corrected chi connectivity index (χ2v) is 8.33. The number of carbonyl (C=O) groups excluding carboxylic acids is 1. The molecule has 2 heterocycles. The van der Waals surface area contributed by atoms with Crippen LogP contribution in [0.3, 0.4) is 0 Å². The second kappa shape index (κ2) is 9.09. The molecule has 1 aliphatic rings. The molecule has 0 bridgehead atoms. The van der Waals surface area contributed by atoms with Crippen LogP contribution in [0.25, 0.3) is 10.6 Å². The van der Waals surface area contributed by atoms with Crippen LogP contribution >= 0.6 is 11.3 Å². The smallest absolute Gasteiger partial charge is 0.416 e. The van der Waals surface area contributed by atoms with E-state index in [4.69, 9.17) is 4.74 Å². The molecule has 0 spiro atoms. The minimum Gasteiger partial charge on any atom is -0.493 e. The number of likely N-dealkylation sites (tertiary alicyclic amines) is 1. The number of alkyl halides is 3. The van der Waals surface area contributed by atoms with Gasteiger partial charge in [-0.3, -0.25) is 4.79 Å². The van der Waals surface area contributed by atoms with Gasteiger partial charge < -0.3 is 9.64 Å². The van der Waals surface area contributed by atoms with Crippen LogP contribution < -0.4 is 4.74 Å². The van der Waals surface area contributed by atoms with Crippen LogP contribution in [-0.4, -0.2) is 35.5 Å². The average molecular weight is 446 g/mol. The summed E-state index contributed by atoms with van der Waals surface area (Å²) in [5.74, 6) is 1.03. The van der Waals surface area contributed by atoms with Gasteiger partial charge in [0.05, 0.1) is 12.2 Å².